The molecule has 2 fully saturated rings. The number of nitrogens with zero attached hydrogens (tertiary/aromatic N) is 5. The number of carbonyl (C=O) groups is 1. The normalized spacial score (nSPS) is 17.6. The van der Waals surface area contributed by atoms with Crippen LogP contribution < -0.4 is 9.64 Å². The molecule has 2 aromatic heterocycles. The number of benzene rings is 2. The van der Waals surface area contributed by atoms with Crippen molar-refractivity contribution in [1.29, 1.82) is 5.26 Å². The molecular formula is C28H24F2N6O2. The largest absolute Gasteiger partial charge is 0.497 e. The molecule has 6 rings (SSSR count). The van der Waals surface area contributed by atoms with Crippen molar-refractivity contribution in [2.45, 2.75) is 12.8 Å². The summed E-state index contributed by atoms with van der Waals surface area (Å²) < 4.78 is 36.4. The predicted octanol–water partition coefficient (Wildman–Crippen LogP) is 4.44. The van der Waals surface area contributed by atoms with Gasteiger partial charge in [-0.25, -0.2) is 13.8 Å². The number of anilines is 1. The van der Waals surface area contributed by atoms with Gasteiger partial charge in [0.1, 0.15) is 23.2 Å². The molecule has 38 heavy (non-hydrogen) atoms. The van der Waals surface area contributed by atoms with Crippen LogP contribution in [0.5, 0.6) is 5.75 Å². The third-order valence-electron chi connectivity index (χ3n) is 7.80. The van der Waals surface area contributed by atoms with Crippen LogP contribution in [0.25, 0.3) is 32.9 Å². The Hall–Kier alpha value is -4.52. The minimum Gasteiger partial charge on any atom is -0.497 e. The van der Waals surface area contributed by atoms with Gasteiger partial charge in [-0.15, -0.1) is 0 Å². The van der Waals surface area contributed by atoms with Crippen LogP contribution in [-0.4, -0.2) is 65.2 Å². The highest BCUT2D eigenvalue weighted by molar-refractivity contribution is 6.08. The molecule has 8 nitrogen and oxygen atoms in total. The number of pyridine rings is 1. The maximum Gasteiger partial charge on any atom is 0.275 e. The highest BCUT2D eigenvalue weighted by Crippen LogP contribution is 2.52. The first-order valence-electron chi connectivity index (χ1n) is 12.1. The fourth-order valence-electron chi connectivity index (χ4n) is 5.81. The number of halogens is 2. The van der Waals surface area contributed by atoms with Crippen molar-refractivity contribution in [3.8, 4) is 22.9 Å². The SMILES string of the molecule is C=CC(=O)N1CC2(C1)CN(c1nc3cc(OC)ccc3c(-c3c(C)ccc4[nH]ncc34)c1C#N)CC2(F)F. The molecule has 4 heterocycles. The van der Waals surface area contributed by atoms with Gasteiger partial charge in [-0.3, -0.25) is 9.89 Å². The van der Waals surface area contributed by atoms with Crippen LogP contribution in [0, 0.1) is 23.7 Å². The molecule has 4 aromatic rings. The fourth-order valence-corrected chi connectivity index (χ4v) is 5.81. The number of methoxy groups -OCH3 is 1. The van der Waals surface area contributed by atoms with E-state index >= 15 is 8.78 Å². The zero-order valence-electron chi connectivity index (χ0n) is 20.9. The van der Waals surface area contributed by atoms with E-state index in [-0.39, 0.29) is 36.9 Å². The number of ether oxygens (including phenoxy) is 1. The highest BCUT2D eigenvalue weighted by Gasteiger charge is 2.66. The Morgan fingerprint density at radius 1 is 1.18 bits per heavy atom. The van der Waals surface area contributed by atoms with E-state index in [0.29, 0.717) is 22.2 Å². The average Bonchev–Trinajstić information content (AvgIpc) is 3.47. The quantitative estimate of drug-likeness (QED) is 0.405. The van der Waals surface area contributed by atoms with Crippen LogP contribution in [0.3, 0.4) is 0 Å². The summed E-state index contributed by atoms with van der Waals surface area (Å²) in [5.41, 5.74) is 2.43. The second kappa shape index (κ2) is 8.25. The number of rotatable bonds is 4. The summed E-state index contributed by atoms with van der Waals surface area (Å²) in [5.74, 6) is -2.70. The number of fused-ring (bicyclic) bond motifs is 2. The van der Waals surface area contributed by atoms with Crippen LogP contribution in [0.2, 0.25) is 0 Å². The van der Waals surface area contributed by atoms with Gasteiger partial charge in [-0.05, 0) is 42.3 Å². The Morgan fingerprint density at radius 2 is 1.97 bits per heavy atom. The van der Waals surface area contributed by atoms with Crippen molar-refractivity contribution in [2.24, 2.45) is 5.41 Å². The van der Waals surface area contributed by atoms with E-state index in [9.17, 15) is 10.1 Å². The smallest absolute Gasteiger partial charge is 0.275 e. The topological polar surface area (TPSA) is 98.1 Å². The lowest BCUT2D eigenvalue weighted by molar-refractivity contribution is -0.169. The third-order valence-corrected chi connectivity index (χ3v) is 7.80. The van der Waals surface area contributed by atoms with Gasteiger partial charge in [-0.2, -0.15) is 10.4 Å². The van der Waals surface area contributed by atoms with Crippen molar-refractivity contribution in [1.82, 2.24) is 20.1 Å². The molecule has 0 atom stereocenters. The van der Waals surface area contributed by atoms with Gasteiger partial charge in [0.15, 0.2) is 0 Å². The van der Waals surface area contributed by atoms with Gasteiger partial charge in [0, 0.05) is 42.0 Å². The first kappa shape index (κ1) is 23.9. The second-order valence-electron chi connectivity index (χ2n) is 10.0. The van der Waals surface area contributed by atoms with Gasteiger partial charge in [0.05, 0.1) is 36.3 Å². The molecule has 192 valence electrons. The van der Waals surface area contributed by atoms with E-state index in [1.807, 2.05) is 25.1 Å². The Labute approximate surface area is 217 Å². The summed E-state index contributed by atoms with van der Waals surface area (Å²) in [6.07, 6.45) is 2.84. The average molecular weight is 515 g/mol. The molecule has 0 aliphatic carbocycles. The fraction of sp³-hybridized carbons (Fsp3) is 0.286. The van der Waals surface area contributed by atoms with Crippen LogP contribution >= 0.6 is 0 Å². The predicted molar refractivity (Wildman–Crippen MR) is 139 cm³/mol. The summed E-state index contributed by atoms with van der Waals surface area (Å²) in [5, 5.41) is 19.1. The second-order valence-corrected chi connectivity index (χ2v) is 10.0. The Bertz CT molecular complexity index is 1680. The molecule has 0 unspecified atom stereocenters. The van der Waals surface area contributed by atoms with Crippen molar-refractivity contribution in [3.63, 3.8) is 0 Å². The van der Waals surface area contributed by atoms with Gasteiger partial charge in [0.25, 0.3) is 5.92 Å². The summed E-state index contributed by atoms with van der Waals surface area (Å²) in [4.78, 5) is 19.6. The maximum absolute atomic E-state index is 15.5. The Balaban J connectivity index is 1.57. The van der Waals surface area contributed by atoms with E-state index in [1.54, 1.807) is 25.4 Å². The van der Waals surface area contributed by atoms with E-state index < -0.39 is 17.9 Å². The van der Waals surface area contributed by atoms with Crippen molar-refractivity contribution in [3.05, 3.63) is 60.3 Å². The lowest BCUT2D eigenvalue weighted by atomic mass is 9.76. The van der Waals surface area contributed by atoms with Crippen molar-refractivity contribution >= 4 is 33.5 Å². The van der Waals surface area contributed by atoms with Gasteiger partial charge < -0.3 is 14.5 Å². The number of nitriles is 1. The minimum atomic E-state index is -3.08. The molecule has 0 saturated carbocycles. The number of hydrogen-bond donors (Lipinski definition) is 1. The summed E-state index contributed by atoms with van der Waals surface area (Å²) in [6.45, 7) is 4.60. The third kappa shape index (κ3) is 3.28. The molecule has 0 radical (unpaired) electrons. The standard InChI is InChI=1S/C28H24F2N6O2/c1-4-23(37)35-12-27(13-35)14-36(15-28(27,29)30)26-19(10-31)25(18-7-6-17(38-3)9-22(18)33-26)24-16(2)5-8-21-20(24)11-32-34-21/h4-9,11H,1,12-15H2,2-3H3,(H,32,34). The Kier molecular flexibility index (Phi) is 5.18. The van der Waals surface area contributed by atoms with Crippen molar-refractivity contribution in [2.75, 3.05) is 38.2 Å². The van der Waals surface area contributed by atoms with Gasteiger partial charge in [-0.1, -0.05) is 12.6 Å². The highest BCUT2D eigenvalue weighted by atomic mass is 19.3. The van der Waals surface area contributed by atoms with Gasteiger partial charge in [0.2, 0.25) is 5.91 Å². The monoisotopic (exact) mass is 514 g/mol. The molecule has 2 saturated heterocycles. The number of likely N-dealkylation sites (tertiary alicyclic amines) is 1. The molecule has 1 amide bonds. The molecule has 10 heteroatoms. The summed E-state index contributed by atoms with van der Waals surface area (Å²) in [7, 11) is 1.54. The van der Waals surface area contributed by atoms with Crippen molar-refractivity contribution < 1.29 is 18.3 Å². The molecule has 0 bridgehead atoms. The van der Waals surface area contributed by atoms with Gasteiger partial charge >= 0.3 is 0 Å². The van der Waals surface area contributed by atoms with Crippen LogP contribution in [0.1, 0.15) is 11.1 Å². The van der Waals surface area contributed by atoms with E-state index in [2.05, 4.69) is 22.8 Å². The first-order valence-corrected chi connectivity index (χ1v) is 12.1. The van der Waals surface area contributed by atoms with E-state index in [0.717, 1.165) is 28.1 Å². The Morgan fingerprint density at radius 3 is 2.68 bits per heavy atom. The molecule has 1 spiro atoms. The molecule has 2 aliphatic rings. The number of carbonyl (C=O) groups excluding carboxylic acids is 1. The lowest BCUT2D eigenvalue weighted by Crippen LogP contribution is -2.65. The number of H-pyrrole nitrogens is 1. The van der Waals surface area contributed by atoms with Crippen LogP contribution in [0.4, 0.5) is 14.6 Å². The van der Waals surface area contributed by atoms with Crippen LogP contribution in [0.15, 0.2) is 49.2 Å². The molecule has 2 aliphatic heterocycles. The molecule has 2 aromatic carbocycles. The maximum atomic E-state index is 15.5. The number of aromatic amines is 1. The number of aryl methyl sites for hydroxylation is 1. The molecule has 1 N–H and O–H groups in total. The molecular weight excluding hydrogens is 490 g/mol. The number of alkyl halides is 2. The number of amides is 1. The zero-order chi connectivity index (χ0) is 26.8. The number of aromatic nitrogens is 3. The number of hydrogen-bond acceptors (Lipinski definition) is 6. The summed E-state index contributed by atoms with van der Waals surface area (Å²) in [6, 6.07) is 11.5. The van der Waals surface area contributed by atoms with E-state index in [1.165, 1.54) is 9.80 Å². The first-order chi connectivity index (χ1) is 18.2. The minimum absolute atomic E-state index is 0.0353. The summed E-state index contributed by atoms with van der Waals surface area (Å²) >= 11 is 0. The van der Waals surface area contributed by atoms with E-state index in [4.69, 9.17) is 9.72 Å². The zero-order valence-corrected chi connectivity index (χ0v) is 20.9. The lowest BCUT2D eigenvalue weighted by Gasteiger charge is -2.49. The van der Waals surface area contributed by atoms with Crippen LogP contribution in [-0.2, 0) is 4.79 Å². The number of nitrogens with one attached hydrogen (secondary N) is 1.